The van der Waals surface area contributed by atoms with E-state index in [0.717, 1.165) is 0 Å². The highest BCUT2D eigenvalue weighted by molar-refractivity contribution is 6.34. The van der Waals surface area contributed by atoms with Crippen molar-refractivity contribution in [3.8, 4) is 0 Å². The third-order valence-corrected chi connectivity index (χ3v) is 1.95. The molecule has 1 aromatic carbocycles. The number of rotatable bonds is 2. The monoisotopic (exact) mass is 255 g/mol. The molecule has 3 N–H and O–H groups in total. The third-order valence-electron chi connectivity index (χ3n) is 1.51. The van der Waals surface area contributed by atoms with Crippen LogP contribution in [0.1, 0.15) is 11.6 Å². The summed E-state index contributed by atoms with van der Waals surface area (Å²) < 4.78 is 0. The van der Waals surface area contributed by atoms with Crippen molar-refractivity contribution in [2.24, 2.45) is 5.73 Å². The first kappa shape index (κ1) is 13.5. The Morgan fingerprint density at radius 1 is 1.29 bits per heavy atom. The van der Waals surface area contributed by atoms with E-state index in [1.54, 1.807) is 0 Å². The van der Waals surface area contributed by atoms with E-state index in [2.05, 4.69) is 0 Å². The molecule has 0 fully saturated rings. The topological polar surface area (TPSA) is 63.3 Å². The molecule has 0 saturated heterocycles. The standard InChI is InChI=1S/C8H7Cl2NO2.ClH/c9-5-1-4(2-6(10)3-5)7(11)8(12)13;/h1-3,7H,11H2,(H,12,13);1H. The van der Waals surface area contributed by atoms with Crippen LogP contribution in [0.15, 0.2) is 18.2 Å². The number of aliphatic carboxylic acids is 1. The molecule has 0 aliphatic carbocycles. The molecule has 14 heavy (non-hydrogen) atoms. The van der Waals surface area contributed by atoms with Crippen molar-refractivity contribution >= 4 is 41.6 Å². The first-order valence-electron chi connectivity index (χ1n) is 3.45. The lowest BCUT2D eigenvalue weighted by Crippen LogP contribution is -2.20. The van der Waals surface area contributed by atoms with Crippen LogP contribution in [0.5, 0.6) is 0 Å². The van der Waals surface area contributed by atoms with Gasteiger partial charge in [0.2, 0.25) is 0 Å². The number of benzene rings is 1. The molecule has 0 aliphatic heterocycles. The first-order valence-corrected chi connectivity index (χ1v) is 4.20. The summed E-state index contributed by atoms with van der Waals surface area (Å²) in [6, 6.07) is 3.38. The van der Waals surface area contributed by atoms with Crippen LogP contribution in [0.3, 0.4) is 0 Å². The molecule has 0 aliphatic rings. The summed E-state index contributed by atoms with van der Waals surface area (Å²) in [5.74, 6) is -1.11. The van der Waals surface area contributed by atoms with Crippen LogP contribution in [0, 0.1) is 0 Å². The smallest absolute Gasteiger partial charge is 0.325 e. The average Bonchev–Trinajstić information content (AvgIpc) is 2.01. The van der Waals surface area contributed by atoms with E-state index in [9.17, 15) is 4.79 Å². The zero-order valence-corrected chi connectivity index (χ0v) is 9.23. The molecule has 0 spiro atoms. The number of carboxylic acid groups (broad SMARTS) is 1. The van der Waals surface area contributed by atoms with Gasteiger partial charge in [-0.25, -0.2) is 0 Å². The normalized spacial score (nSPS) is 11.6. The molecule has 0 bridgehead atoms. The summed E-state index contributed by atoms with van der Waals surface area (Å²) in [4.78, 5) is 10.5. The van der Waals surface area contributed by atoms with Crippen molar-refractivity contribution < 1.29 is 9.90 Å². The van der Waals surface area contributed by atoms with Crippen LogP contribution in [0.4, 0.5) is 0 Å². The number of hydrogen-bond acceptors (Lipinski definition) is 2. The molecule has 78 valence electrons. The maximum atomic E-state index is 10.5. The maximum absolute atomic E-state index is 10.5. The molecule has 1 unspecified atom stereocenters. The van der Waals surface area contributed by atoms with Crippen molar-refractivity contribution in [1.29, 1.82) is 0 Å². The van der Waals surface area contributed by atoms with Gasteiger partial charge in [0.15, 0.2) is 0 Å². The first-order chi connectivity index (χ1) is 6.00. The quantitative estimate of drug-likeness (QED) is 0.854. The van der Waals surface area contributed by atoms with Crippen LogP contribution < -0.4 is 5.73 Å². The minimum atomic E-state index is -1.11. The van der Waals surface area contributed by atoms with E-state index in [4.69, 9.17) is 34.0 Å². The van der Waals surface area contributed by atoms with Gasteiger partial charge in [-0.3, -0.25) is 4.79 Å². The summed E-state index contributed by atoms with van der Waals surface area (Å²) in [6.07, 6.45) is 0. The van der Waals surface area contributed by atoms with E-state index >= 15 is 0 Å². The lowest BCUT2D eigenvalue weighted by molar-refractivity contribution is -0.138. The summed E-state index contributed by atoms with van der Waals surface area (Å²) in [7, 11) is 0. The largest absolute Gasteiger partial charge is 0.480 e. The molecule has 6 heteroatoms. The molecule has 3 nitrogen and oxygen atoms in total. The lowest BCUT2D eigenvalue weighted by atomic mass is 10.1. The Morgan fingerprint density at radius 3 is 2.07 bits per heavy atom. The zero-order chi connectivity index (χ0) is 10.0. The highest BCUT2D eigenvalue weighted by Crippen LogP contribution is 2.22. The minimum Gasteiger partial charge on any atom is -0.480 e. The number of carboxylic acids is 1. The fourth-order valence-corrected chi connectivity index (χ4v) is 1.44. The van der Waals surface area contributed by atoms with Crippen LogP contribution in [0.25, 0.3) is 0 Å². The van der Waals surface area contributed by atoms with Gasteiger partial charge in [-0.2, -0.15) is 0 Å². The predicted molar refractivity (Wildman–Crippen MR) is 58.3 cm³/mol. The van der Waals surface area contributed by atoms with Gasteiger partial charge in [-0.15, -0.1) is 12.4 Å². The van der Waals surface area contributed by atoms with Crippen LogP contribution >= 0.6 is 35.6 Å². The average molecular weight is 257 g/mol. The Hall–Kier alpha value is -0.480. The van der Waals surface area contributed by atoms with Gasteiger partial charge in [0.1, 0.15) is 6.04 Å². The van der Waals surface area contributed by atoms with Crippen molar-refractivity contribution in [1.82, 2.24) is 0 Å². The van der Waals surface area contributed by atoms with Crippen molar-refractivity contribution in [3.63, 3.8) is 0 Å². The second-order valence-corrected chi connectivity index (χ2v) is 3.39. The van der Waals surface area contributed by atoms with Crippen molar-refractivity contribution in [3.05, 3.63) is 33.8 Å². The minimum absolute atomic E-state index is 0. The van der Waals surface area contributed by atoms with Gasteiger partial charge in [0.05, 0.1) is 0 Å². The van der Waals surface area contributed by atoms with E-state index < -0.39 is 12.0 Å². The van der Waals surface area contributed by atoms with Crippen molar-refractivity contribution in [2.75, 3.05) is 0 Å². The molecule has 0 aromatic heterocycles. The SMILES string of the molecule is Cl.NC(C(=O)O)c1cc(Cl)cc(Cl)c1. The number of nitrogens with two attached hydrogens (primary N) is 1. The number of hydrogen-bond donors (Lipinski definition) is 2. The Balaban J connectivity index is 0.00000169. The van der Waals surface area contributed by atoms with Gasteiger partial charge in [-0.1, -0.05) is 23.2 Å². The van der Waals surface area contributed by atoms with E-state index in [1.165, 1.54) is 18.2 Å². The number of carbonyl (C=O) groups is 1. The molecule has 0 amide bonds. The van der Waals surface area contributed by atoms with Gasteiger partial charge < -0.3 is 10.8 Å². The molecular weight excluding hydrogens is 248 g/mol. The zero-order valence-electron chi connectivity index (χ0n) is 6.91. The van der Waals surface area contributed by atoms with E-state index in [1.807, 2.05) is 0 Å². The predicted octanol–water partition coefficient (Wildman–Crippen LogP) is 2.50. The fraction of sp³-hybridized carbons (Fsp3) is 0.125. The molecule has 0 saturated carbocycles. The highest BCUT2D eigenvalue weighted by atomic mass is 35.5. The summed E-state index contributed by atoms with van der Waals surface area (Å²) >= 11 is 11.3. The molecule has 1 atom stereocenters. The summed E-state index contributed by atoms with van der Waals surface area (Å²) in [5, 5.41) is 9.35. The highest BCUT2D eigenvalue weighted by Gasteiger charge is 2.14. The molecule has 0 heterocycles. The molecular formula is C8H8Cl3NO2. The Morgan fingerprint density at radius 2 is 1.71 bits per heavy atom. The molecule has 1 rings (SSSR count). The Bertz CT molecular complexity index is 323. The van der Waals surface area contributed by atoms with Gasteiger partial charge in [0, 0.05) is 10.0 Å². The van der Waals surface area contributed by atoms with Crippen LogP contribution in [-0.2, 0) is 4.79 Å². The molecule has 0 radical (unpaired) electrons. The second-order valence-electron chi connectivity index (χ2n) is 2.52. The maximum Gasteiger partial charge on any atom is 0.325 e. The van der Waals surface area contributed by atoms with Crippen LogP contribution in [0.2, 0.25) is 10.0 Å². The summed E-state index contributed by atoms with van der Waals surface area (Å²) in [6.45, 7) is 0. The lowest BCUT2D eigenvalue weighted by Gasteiger charge is -2.07. The van der Waals surface area contributed by atoms with Crippen molar-refractivity contribution in [2.45, 2.75) is 6.04 Å². The molecule has 1 aromatic rings. The van der Waals surface area contributed by atoms with E-state index in [0.29, 0.717) is 15.6 Å². The van der Waals surface area contributed by atoms with E-state index in [-0.39, 0.29) is 12.4 Å². The summed E-state index contributed by atoms with van der Waals surface area (Å²) in [5.41, 5.74) is 5.75. The Labute approximate surface area is 97.2 Å². The fourth-order valence-electron chi connectivity index (χ4n) is 0.897. The second kappa shape index (κ2) is 5.41. The van der Waals surface area contributed by atoms with Gasteiger partial charge in [-0.05, 0) is 23.8 Å². The number of halogens is 3. The van der Waals surface area contributed by atoms with Crippen LogP contribution in [-0.4, -0.2) is 11.1 Å². The van der Waals surface area contributed by atoms with Gasteiger partial charge in [0.25, 0.3) is 0 Å². The third kappa shape index (κ3) is 3.35. The Kier molecular flexibility index (Phi) is 5.23. The van der Waals surface area contributed by atoms with Gasteiger partial charge >= 0.3 is 5.97 Å².